The molecule has 27 heavy (non-hydrogen) atoms. The predicted molar refractivity (Wildman–Crippen MR) is 91.7 cm³/mol. The van der Waals surface area contributed by atoms with Gasteiger partial charge in [-0.25, -0.2) is 28.1 Å². The highest BCUT2D eigenvalue weighted by Crippen LogP contribution is 2.27. The van der Waals surface area contributed by atoms with Crippen LogP contribution in [0.2, 0.25) is 0 Å². The molecule has 0 aliphatic heterocycles. The van der Waals surface area contributed by atoms with E-state index >= 15 is 0 Å². The quantitative estimate of drug-likeness (QED) is 0.661. The van der Waals surface area contributed by atoms with Crippen LogP contribution in [0.5, 0.6) is 5.88 Å². The first-order chi connectivity index (χ1) is 12.9. The number of ether oxygens (including phenoxy) is 2. The molecule has 0 saturated heterocycles. The fourth-order valence-electron chi connectivity index (χ4n) is 2.55. The molecular weight excluding hydrogens is 360 g/mol. The third kappa shape index (κ3) is 3.64. The van der Waals surface area contributed by atoms with Crippen LogP contribution in [-0.2, 0) is 4.74 Å². The van der Waals surface area contributed by atoms with Crippen molar-refractivity contribution in [3.05, 3.63) is 47.4 Å². The zero-order valence-corrected chi connectivity index (χ0v) is 14.9. The van der Waals surface area contributed by atoms with Gasteiger partial charge in [0.25, 0.3) is 0 Å². The van der Waals surface area contributed by atoms with Gasteiger partial charge in [0.05, 0.1) is 38.3 Å². The third-order valence-electron chi connectivity index (χ3n) is 3.80. The molecule has 1 N–H and O–H groups in total. The van der Waals surface area contributed by atoms with Crippen LogP contribution in [-0.4, -0.2) is 39.3 Å². The highest BCUT2D eigenvalue weighted by molar-refractivity contribution is 5.95. The van der Waals surface area contributed by atoms with Crippen molar-refractivity contribution in [2.45, 2.75) is 19.9 Å². The van der Waals surface area contributed by atoms with Gasteiger partial charge in [-0.15, -0.1) is 0 Å². The summed E-state index contributed by atoms with van der Waals surface area (Å²) in [6.45, 7) is 3.53. The molecule has 3 aromatic heterocycles. The smallest absolute Gasteiger partial charge is 0.343 e. The SMILES string of the molecule is CCOC(=O)c1cnn2cc(F)c(N[C@H](C)c3cc(F)cnc3OC)nc12. The molecule has 0 radical (unpaired) electrons. The Morgan fingerprint density at radius 1 is 1.37 bits per heavy atom. The summed E-state index contributed by atoms with van der Waals surface area (Å²) in [6.07, 6.45) is 3.37. The lowest BCUT2D eigenvalue weighted by molar-refractivity contribution is 0.0528. The molecule has 0 aliphatic rings. The van der Waals surface area contributed by atoms with Crippen molar-refractivity contribution in [2.24, 2.45) is 0 Å². The van der Waals surface area contributed by atoms with Crippen molar-refractivity contribution in [1.82, 2.24) is 19.6 Å². The number of hydrogen-bond acceptors (Lipinski definition) is 7. The number of aromatic nitrogens is 4. The van der Waals surface area contributed by atoms with E-state index in [0.717, 1.165) is 16.9 Å². The zero-order valence-electron chi connectivity index (χ0n) is 14.9. The average Bonchev–Trinajstić information content (AvgIpc) is 3.04. The lowest BCUT2D eigenvalue weighted by Gasteiger charge is -2.17. The van der Waals surface area contributed by atoms with Gasteiger partial charge in [0, 0.05) is 5.56 Å². The summed E-state index contributed by atoms with van der Waals surface area (Å²) in [5.74, 6) is -1.79. The Kier molecular flexibility index (Phi) is 5.15. The van der Waals surface area contributed by atoms with E-state index in [0.29, 0.717) is 5.56 Å². The molecule has 1 atom stereocenters. The Morgan fingerprint density at radius 2 is 2.15 bits per heavy atom. The number of nitrogens with zero attached hydrogens (tertiary/aromatic N) is 4. The zero-order chi connectivity index (χ0) is 19.6. The number of carbonyl (C=O) groups is 1. The number of pyridine rings is 1. The molecule has 3 heterocycles. The summed E-state index contributed by atoms with van der Waals surface area (Å²) >= 11 is 0. The summed E-state index contributed by atoms with van der Waals surface area (Å²) in [5, 5.41) is 6.75. The molecule has 0 bridgehead atoms. The van der Waals surface area contributed by atoms with Crippen LogP contribution in [0.4, 0.5) is 14.6 Å². The second kappa shape index (κ2) is 7.52. The van der Waals surface area contributed by atoms with E-state index in [9.17, 15) is 13.6 Å². The molecule has 10 heteroatoms. The normalized spacial score (nSPS) is 12.0. The summed E-state index contributed by atoms with van der Waals surface area (Å²) in [4.78, 5) is 20.0. The maximum absolute atomic E-state index is 14.4. The first-order valence-electron chi connectivity index (χ1n) is 8.11. The fourth-order valence-corrected chi connectivity index (χ4v) is 2.55. The molecule has 0 unspecified atom stereocenters. The number of hydrogen-bond donors (Lipinski definition) is 1. The lowest BCUT2D eigenvalue weighted by atomic mass is 10.1. The van der Waals surface area contributed by atoms with E-state index in [1.807, 2.05) is 0 Å². The number of fused-ring (bicyclic) bond motifs is 1. The molecule has 0 amide bonds. The number of carbonyl (C=O) groups excluding carboxylic acids is 1. The molecule has 0 spiro atoms. The van der Waals surface area contributed by atoms with Crippen LogP contribution in [0.1, 0.15) is 35.8 Å². The summed E-state index contributed by atoms with van der Waals surface area (Å²) in [7, 11) is 1.40. The van der Waals surface area contributed by atoms with E-state index in [4.69, 9.17) is 9.47 Å². The largest absolute Gasteiger partial charge is 0.481 e. The van der Waals surface area contributed by atoms with E-state index in [2.05, 4.69) is 20.4 Å². The molecule has 0 aromatic carbocycles. The Labute approximate surface area is 153 Å². The molecule has 142 valence electrons. The van der Waals surface area contributed by atoms with Crippen molar-refractivity contribution < 1.29 is 23.0 Å². The number of anilines is 1. The van der Waals surface area contributed by atoms with Crippen molar-refractivity contribution in [3.63, 3.8) is 0 Å². The van der Waals surface area contributed by atoms with Crippen molar-refractivity contribution >= 4 is 17.4 Å². The van der Waals surface area contributed by atoms with E-state index in [1.54, 1.807) is 13.8 Å². The number of methoxy groups -OCH3 is 1. The molecule has 3 rings (SSSR count). The molecule has 0 fully saturated rings. The molecule has 0 aliphatic carbocycles. The predicted octanol–water partition coefficient (Wildman–Crippen LogP) is 2.76. The van der Waals surface area contributed by atoms with E-state index in [-0.39, 0.29) is 29.5 Å². The minimum atomic E-state index is -0.698. The standard InChI is InChI=1S/C17H17F2N5O3/c1-4-27-17(25)12-7-21-24-8-13(19)14(23-15(12)24)22-9(2)11-5-10(18)6-20-16(11)26-3/h5-9H,4H2,1-3H3,(H,22,23)/t9-/m1/s1. The first-order valence-corrected chi connectivity index (χ1v) is 8.11. The number of halogens is 2. The maximum atomic E-state index is 14.4. The van der Waals surface area contributed by atoms with Crippen molar-refractivity contribution in [3.8, 4) is 5.88 Å². The van der Waals surface area contributed by atoms with Crippen LogP contribution in [0.15, 0.2) is 24.7 Å². The Balaban J connectivity index is 1.97. The van der Waals surface area contributed by atoms with Gasteiger partial charge < -0.3 is 14.8 Å². The van der Waals surface area contributed by atoms with Gasteiger partial charge in [0.15, 0.2) is 17.3 Å². The number of rotatable bonds is 6. The summed E-state index contributed by atoms with van der Waals surface area (Å²) < 4.78 is 39.1. The topological polar surface area (TPSA) is 90.6 Å². The lowest BCUT2D eigenvalue weighted by Crippen LogP contribution is -2.13. The monoisotopic (exact) mass is 377 g/mol. The van der Waals surface area contributed by atoms with E-state index < -0.39 is 23.6 Å². The maximum Gasteiger partial charge on any atom is 0.343 e. The van der Waals surface area contributed by atoms with Gasteiger partial charge in [0.1, 0.15) is 11.4 Å². The Hall–Kier alpha value is -3.30. The minimum Gasteiger partial charge on any atom is -0.481 e. The Bertz CT molecular complexity index is 992. The van der Waals surface area contributed by atoms with Crippen LogP contribution in [0, 0.1) is 11.6 Å². The second-order valence-corrected chi connectivity index (χ2v) is 5.60. The van der Waals surface area contributed by atoms with Crippen molar-refractivity contribution in [1.29, 1.82) is 0 Å². The van der Waals surface area contributed by atoms with Gasteiger partial charge in [0.2, 0.25) is 5.88 Å². The van der Waals surface area contributed by atoms with Crippen LogP contribution < -0.4 is 10.1 Å². The van der Waals surface area contributed by atoms with Crippen molar-refractivity contribution in [2.75, 3.05) is 19.0 Å². The highest BCUT2D eigenvalue weighted by Gasteiger charge is 2.20. The molecular formula is C17H17F2N5O3. The van der Waals surface area contributed by atoms with Gasteiger partial charge in [-0.2, -0.15) is 5.10 Å². The highest BCUT2D eigenvalue weighted by atomic mass is 19.1. The molecule has 3 aromatic rings. The fraction of sp³-hybridized carbons (Fsp3) is 0.294. The summed E-state index contributed by atoms with van der Waals surface area (Å²) in [6, 6.07) is 0.657. The van der Waals surface area contributed by atoms with Crippen LogP contribution in [0.3, 0.4) is 0 Å². The average molecular weight is 377 g/mol. The minimum absolute atomic E-state index is 0.109. The van der Waals surface area contributed by atoms with E-state index in [1.165, 1.54) is 19.4 Å². The third-order valence-corrected chi connectivity index (χ3v) is 3.80. The van der Waals surface area contributed by atoms with Gasteiger partial charge >= 0.3 is 5.97 Å². The molecule has 8 nitrogen and oxygen atoms in total. The number of esters is 1. The second-order valence-electron chi connectivity index (χ2n) is 5.60. The summed E-state index contributed by atoms with van der Waals surface area (Å²) in [5.41, 5.74) is 0.629. The number of nitrogens with one attached hydrogen (secondary N) is 1. The first kappa shape index (κ1) is 18.5. The van der Waals surface area contributed by atoms with Gasteiger partial charge in [-0.1, -0.05) is 0 Å². The van der Waals surface area contributed by atoms with Gasteiger partial charge in [-0.05, 0) is 19.9 Å². The van der Waals surface area contributed by atoms with Gasteiger partial charge in [-0.3, -0.25) is 0 Å². The molecule has 0 saturated carbocycles. The Morgan fingerprint density at radius 3 is 2.85 bits per heavy atom. The van der Waals surface area contributed by atoms with Crippen LogP contribution >= 0.6 is 0 Å². The van der Waals surface area contributed by atoms with Crippen LogP contribution in [0.25, 0.3) is 5.65 Å².